The normalized spacial score (nSPS) is 10.3. The molecule has 2 nitrogen and oxygen atoms in total. The molecule has 18 heavy (non-hydrogen) atoms. The number of anilines is 1. The lowest BCUT2D eigenvalue weighted by Gasteiger charge is -2.09. The van der Waals surface area contributed by atoms with E-state index in [0.717, 1.165) is 12.8 Å². The lowest BCUT2D eigenvalue weighted by Crippen LogP contribution is -2.02. The molecule has 0 heterocycles. The molecule has 2 rings (SSSR count). The van der Waals surface area contributed by atoms with Gasteiger partial charge in [-0.25, -0.2) is 0 Å². The average molecular weight is 262 g/mol. The van der Waals surface area contributed by atoms with Crippen LogP contribution in [0.5, 0.6) is 5.75 Å². The van der Waals surface area contributed by atoms with Gasteiger partial charge in [0.1, 0.15) is 5.75 Å². The number of benzene rings is 2. The Kier molecular flexibility index (Phi) is 4.48. The van der Waals surface area contributed by atoms with Crippen molar-refractivity contribution in [2.45, 2.75) is 12.8 Å². The van der Waals surface area contributed by atoms with Crippen LogP contribution in [0.15, 0.2) is 48.5 Å². The predicted octanol–water partition coefficient (Wildman–Crippen LogP) is 3.93. The molecule has 0 bridgehead atoms. The van der Waals surface area contributed by atoms with Crippen molar-refractivity contribution in [3.8, 4) is 5.75 Å². The number of hydrogen-bond donors (Lipinski definition) is 1. The molecule has 94 valence electrons. The molecule has 0 saturated heterocycles. The van der Waals surface area contributed by atoms with Crippen LogP contribution in [0.4, 0.5) is 5.69 Å². The molecule has 0 amide bonds. The molecular weight excluding hydrogens is 246 g/mol. The van der Waals surface area contributed by atoms with Crippen molar-refractivity contribution in [2.75, 3.05) is 12.3 Å². The Bertz CT molecular complexity index is 499. The van der Waals surface area contributed by atoms with Gasteiger partial charge in [0.15, 0.2) is 0 Å². The van der Waals surface area contributed by atoms with Gasteiger partial charge in [0.25, 0.3) is 0 Å². The van der Waals surface area contributed by atoms with Crippen LogP contribution in [0, 0.1) is 0 Å². The first-order valence-corrected chi connectivity index (χ1v) is 6.36. The summed E-state index contributed by atoms with van der Waals surface area (Å²) in [5, 5.41) is 0.538. The average Bonchev–Trinajstić information content (AvgIpc) is 2.40. The zero-order valence-electron chi connectivity index (χ0n) is 10.1. The van der Waals surface area contributed by atoms with E-state index in [-0.39, 0.29) is 0 Å². The zero-order valence-corrected chi connectivity index (χ0v) is 10.9. The number of ether oxygens (including phenoxy) is 1. The summed E-state index contributed by atoms with van der Waals surface area (Å²) in [6.07, 6.45) is 1.96. The number of aryl methyl sites for hydroxylation is 1. The molecule has 0 aromatic heterocycles. The molecular formula is C15H16ClNO. The largest absolute Gasteiger partial charge is 0.491 e. The minimum absolute atomic E-state index is 0.513. The lowest BCUT2D eigenvalue weighted by atomic mass is 10.1. The van der Waals surface area contributed by atoms with Gasteiger partial charge in [-0.05, 0) is 30.5 Å². The van der Waals surface area contributed by atoms with Gasteiger partial charge >= 0.3 is 0 Å². The highest BCUT2D eigenvalue weighted by atomic mass is 35.5. The van der Waals surface area contributed by atoms with Gasteiger partial charge in [-0.2, -0.15) is 0 Å². The molecule has 3 heteroatoms. The second-order valence-electron chi connectivity index (χ2n) is 4.09. The predicted molar refractivity (Wildman–Crippen MR) is 76.1 cm³/mol. The van der Waals surface area contributed by atoms with Crippen LogP contribution < -0.4 is 10.5 Å². The molecule has 0 fully saturated rings. The maximum absolute atomic E-state index is 5.92. The highest BCUT2D eigenvalue weighted by Crippen LogP contribution is 2.28. The van der Waals surface area contributed by atoms with Crippen LogP contribution in [0.3, 0.4) is 0 Å². The topological polar surface area (TPSA) is 35.2 Å². The monoisotopic (exact) mass is 261 g/mol. The third-order valence-corrected chi connectivity index (χ3v) is 3.05. The first-order chi connectivity index (χ1) is 8.77. The quantitative estimate of drug-likeness (QED) is 0.654. The third kappa shape index (κ3) is 3.41. The van der Waals surface area contributed by atoms with E-state index >= 15 is 0 Å². The Labute approximate surface area is 112 Å². The molecule has 0 aliphatic heterocycles. The molecule has 0 atom stereocenters. The molecule has 2 aromatic rings. The lowest BCUT2D eigenvalue weighted by molar-refractivity contribution is 0.312. The Hall–Kier alpha value is -1.67. The number of nitrogens with two attached hydrogens (primary N) is 1. The summed E-state index contributed by atoms with van der Waals surface area (Å²) in [5.41, 5.74) is 7.65. The van der Waals surface area contributed by atoms with Gasteiger partial charge < -0.3 is 10.5 Å². The number of nitrogen functional groups attached to an aromatic ring is 1. The van der Waals surface area contributed by atoms with E-state index < -0.39 is 0 Å². The SMILES string of the molecule is Nc1c(Cl)cccc1OCCCc1ccccc1. The van der Waals surface area contributed by atoms with Crippen molar-refractivity contribution in [3.63, 3.8) is 0 Å². The maximum Gasteiger partial charge on any atom is 0.143 e. The van der Waals surface area contributed by atoms with Crippen LogP contribution in [-0.4, -0.2) is 6.61 Å². The van der Waals surface area contributed by atoms with E-state index in [1.54, 1.807) is 6.07 Å². The second kappa shape index (κ2) is 6.31. The second-order valence-corrected chi connectivity index (χ2v) is 4.50. The van der Waals surface area contributed by atoms with Crippen LogP contribution in [0.1, 0.15) is 12.0 Å². The fourth-order valence-corrected chi connectivity index (χ4v) is 1.91. The minimum atomic E-state index is 0.513. The Balaban J connectivity index is 1.81. The van der Waals surface area contributed by atoms with Crippen molar-refractivity contribution in [2.24, 2.45) is 0 Å². The summed E-state index contributed by atoms with van der Waals surface area (Å²) < 4.78 is 5.63. The fourth-order valence-electron chi connectivity index (χ4n) is 1.75. The highest BCUT2D eigenvalue weighted by molar-refractivity contribution is 6.33. The van der Waals surface area contributed by atoms with E-state index in [2.05, 4.69) is 12.1 Å². The van der Waals surface area contributed by atoms with Gasteiger partial charge in [-0.15, -0.1) is 0 Å². The van der Waals surface area contributed by atoms with Gasteiger partial charge in [-0.3, -0.25) is 0 Å². The van der Waals surface area contributed by atoms with Crippen LogP contribution in [-0.2, 0) is 6.42 Å². The summed E-state index contributed by atoms with van der Waals surface area (Å²) in [4.78, 5) is 0. The van der Waals surface area contributed by atoms with Crippen molar-refractivity contribution in [1.29, 1.82) is 0 Å². The van der Waals surface area contributed by atoms with Gasteiger partial charge in [0, 0.05) is 0 Å². The molecule has 0 aliphatic rings. The summed E-state index contributed by atoms with van der Waals surface area (Å²) in [5.74, 6) is 0.663. The number of para-hydroxylation sites is 1. The summed E-state index contributed by atoms with van der Waals surface area (Å²) in [7, 11) is 0. The molecule has 0 spiro atoms. The smallest absolute Gasteiger partial charge is 0.143 e. The Morgan fingerprint density at radius 2 is 1.78 bits per heavy atom. The summed E-state index contributed by atoms with van der Waals surface area (Å²) in [6, 6.07) is 15.8. The van der Waals surface area contributed by atoms with E-state index in [1.165, 1.54) is 5.56 Å². The van der Waals surface area contributed by atoms with Gasteiger partial charge in [0.05, 0.1) is 17.3 Å². The molecule has 2 aromatic carbocycles. The molecule has 2 N–H and O–H groups in total. The summed E-state index contributed by atoms with van der Waals surface area (Å²) >= 11 is 5.92. The molecule has 0 radical (unpaired) electrons. The maximum atomic E-state index is 5.92. The Morgan fingerprint density at radius 3 is 2.56 bits per heavy atom. The molecule has 0 aliphatic carbocycles. The fraction of sp³-hybridized carbons (Fsp3) is 0.200. The highest BCUT2D eigenvalue weighted by Gasteiger charge is 2.03. The van der Waals surface area contributed by atoms with E-state index in [4.69, 9.17) is 22.1 Å². The molecule has 0 unspecified atom stereocenters. The molecule has 0 saturated carbocycles. The van der Waals surface area contributed by atoms with Crippen molar-refractivity contribution in [1.82, 2.24) is 0 Å². The number of rotatable bonds is 5. The number of halogens is 1. The van der Waals surface area contributed by atoms with Gasteiger partial charge in [-0.1, -0.05) is 48.0 Å². The minimum Gasteiger partial charge on any atom is -0.491 e. The van der Waals surface area contributed by atoms with Crippen molar-refractivity contribution >= 4 is 17.3 Å². The first kappa shape index (κ1) is 12.8. The number of hydrogen-bond acceptors (Lipinski definition) is 2. The van der Waals surface area contributed by atoms with Crippen LogP contribution in [0.2, 0.25) is 5.02 Å². The van der Waals surface area contributed by atoms with Crippen LogP contribution >= 0.6 is 11.6 Å². The summed E-state index contributed by atoms with van der Waals surface area (Å²) in [6.45, 7) is 0.638. The van der Waals surface area contributed by atoms with E-state index in [0.29, 0.717) is 23.1 Å². The van der Waals surface area contributed by atoms with Gasteiger partial charge in [0.2, 0.25) is 0 Å². The van der Waals surface area contributed by atoms with Crippen molar-refractivity contribution in [3.05, 3.63) is 59.1 Å². The first-order valence-electron chi connectivity index (χ1n) is 5.98. The van der Waals surface area contributed by atoms with E-state index in [9.17, 15) is 0 Å². The standard InChI is InChI=1S/C15H16ClNO/c16-13-9-4-10-14(15(13)17)18-11-5-8-12-6-2-1-3-7-12/h1-4,6-7,9-10H,5,8,11,17H2. The third-order valence-electron chi connectivity index (χ3n) is 2.72. The van der Waals surface area contributed by atoms with E-state index in [1.807, 2.05) is 30.3 Å². The Morgan fingerprint density at radius 1 is 1.00 bits per heavy atom. The zero-order chi connectivity index (χ0) is 12.8. The van der Waals surface area contributed by atoms with Crippen molar-refractivity contribution < 1.29 is 4.74 Å². The van der Waals surface area contributed by atoms with Crippen LogP contribution in [0.25, 0.3) is 0 Å².